The molecule has 0 spiro atoms. The lowest BCUT2D eigenvalue weighted by Crippen LogP contribution is -2.16. The van der Waals surface area contributed by atoms with Gasteiger partial charge in [0, 0.05) is 13.0 Å². The third kappa shape index (κ3) is 5.46. The maximum atomic E-state index is 11.1. The zero-order chi connectivity index (χ0) is 13.2. The van der Waals surface area contributed by atoms with Gasteiger partial charge in [0.15, 0.2) is 0 Å². The van der Waals surface area contributed by atoms with Crippen LogP contribution in [0.1, 0.15) is 30.9 Å². The number of carbonyl (C=O) groups excluding carboxylic acids is 1. The van der Waals surface area contributed by atoms with E-state index >= 15 is 0 Å². The van der Waals surface area contributed by atoms with Crippen molar-refractivity contribution < 1.29 is 9.53 Å². The largest absolute Gasteiger partial charge is 0.466 e. The van der Waals surface area contributed by atoms with E-state index in [9.17, 15) is 4.79 Å². The third-order valence-electron chi connectivity index (χ3n) is 2.45. The first kappa shape index (κ1) is 14.2. The quantitative estimate of drug-likeness (QED) is 0.590. The number of hydrogen-bond donors (Lipinski definition) is 1. The van der Waals surface area contributed by atoms with Crippen LogP contribution in [0.3, 0.4) is 0 Å². The summed E-state index contributed by atoms with van der Waals surface area (Å²) in [7, 11) is 0. The molecule has 0 saturated carbocycles. The Morgan fingerprint density at radius 1 is 1.39 bits per heavy atom. The van der Waals surface area contributed by atoms with Crippen LogP contribution in [-0.2, 0) is 16.1 Å². The molecule has 0 atom stereocenters. The zero-order valence-electron chi connectivity index (χ0n) is 10.6. The SMILES string of the molecule is CCOC(=O)CCCNCc1ccc(C#N)cc1. The molecule has 1 aromatic rings. The van der Waals surface area contributed by atoms with Gasteiger partial charge in [-0.05, 0) is 37.6 Å². The summed E-state index contributed by atoms with van der Waals surface area (Å²) < 4.78 is 4.83. The molecule has 18 heavy (non-hydrogen) atoms. The highest BCUT2D eigenvalue weighted by atomic mass is 16.5. The van der Waals surface area contributed by atoms with E-state index < -0.39 is 0 Å². The van der Waals surface area contributed by atoms with Crippen molar-refractivity contribution in [1.82, 2.24) is 5.32 Å². The van der Waals surface area contributed by atoms with E-state index in [2.05, 4.69) is 11.4 Å². The highest BCUT2D eigenvalue weighted by molar-refractivity contribution is 5.69. The van der Waals surface area contributed by atoms with Crippen molar-refractivity contribution in [3.8, 4) is 6.07 Å². The molecule has 1 N–H and O–H groups in total. The lowest BCUT2D eigenvalue weighted by molar-refractivity contribution is -0.143. The molecule has 0 saturated heterocycles. The van der Waals surface area contributed by atoms with Gasteiger partial charge in [-0.25, -0.2) is 0 Å². The van der Waals surface area contributed by atoms with Gasteiger partial charge in [0.2, 0.25) is 0 Å². The topological polar surface area (TPSA) is 62.1 Å². The van der Waals surface area contributed by atoms with E-state index in [-0.39, 0.29) is 5.97 Å². The number of benzene rings is 1. The van der Waals surface area contributed by atoms with Crippen molar-refractivity contribution in [1.29, 1.82) is 5.26 Å². The van der Waals surface area contributed by atoms with Crippen LogP contribution >= 0.6 is 0 Å². The fourth-order valence-electron chi connectivity index (χ4n) is 1.52. The second kappa shape index (κ2) is 8.26. The minimum Gasteiger partial charge on any atom is -0.466 e. The molecule has 0 aliphatic heterocycles. The second-order valence-corrected chi connectivity index (χ2v) is 3.89. The molecule has 0 heterocycles. The first-order chi connectivity index (χ1) is 8.76. The lowest BCUT2D eigenvalue weighted by Gasteiger charge is -2.05. The normalized spacial score (nSPS) is 9.78. The maximum absolute atomic E-state index is 11.1. The van der Waals surface area contributed by atoms with Gasteiger partial charge in [-0.2, -0.15) is 5.26 Å². The minimum absolute atomic E-state index is 0.141. The Morgan fingerprint density at radius 3 is 2.72 bits per heavy atom. The van der Waals surface area contributed by atoms with Gasteiger partial charge in [-0.3, -0.25) is 4.79 Å². The summed E-state index contributed by atoms with van der Waals surface area (Å²) in [6.07, 6.45) is 1.23. The average molecular weight is 246 g/mol. The number of esters is 1. The summed E-state index contributed by atoms with van der Waals surface area (Å²) in [5, 5.41) is 11.9. The van der Waals surface area contributed by atoms with E-state index in [1.165, 1.54) is 0 Å². The predicted octanol–water partition coefficient (Wildman–Crippen LogP) is 1.99. The van der Waals surface area contributed by atoms with Gasteiger partial charge in [0.05, 0.1) is 18.2 Å². The lowest BCUT2D eigenvalue weighted by atomic mass is 10.1. The molecule has 0 unspecified atom stereocenters. The average Bonchev–Trinajstić information content (AvgIpc) is 2.39. The molecule has 0 aromatic heterocycles. The molecule has 0 amide bonds. The number of hydrogen-bond acceptors (Lipinski definition) is 4. The summed E-state index contributed by atoms with van der Waals surface area (Å²) in [6, 6.07) is 9.54. The smallest absolute Gasteiger partial charge is 0.305 e. The van der Waals surface area contributed by atoms with Crippen molar-refractivity contribution >= 4 is 5.97 Å². The van der Waals surface area contributed by atoms with Crippen LogP contribution in [0, 0.1) is 11.3 Å². The van der Waals surface area contributed by atoms with Gasteiger partial charge < -0.3 is 10.1 Å². The molecule has 0 radical (unpaired) electrons. The van der Waals surface area contributed by atoms with Crippen molar-refractivity contribution in [2.24, 2.45) is 0 Å². The summed E-state index contributed by atoms with van der Waals surface area (Å²) in [5.41, 5.74) is 1.80. The van der Waals surface area contributed by atoms with Crippen molar-refractivity contribution in [2.45, 2.75) is 26.3 Å². The van der Waals surface area contributed by atoms with Crippen molar-refractivity contribution in [2.75, 3.05) is 13.2 Å². The van der Waals surface area contributed by atoms with Crippen LogP contribution in [-0.4, -0.2) is 19.1 Å². The van der Waals surface area contributed by atoms with Gasteiger partial charge in [0.1, 0.15) is 0 Å². The number of ether oxygens (including phenoxy) is 1. The van der Waals surface area contributed by atoms with Crippen molar-refractivity contribution in [3.63, 3.8) is 0 Å². The molecule has 1 aromatic carbocycles. The van der Waals surface area contributed by atoms with E-state index in [1.54, 1.807) is 19.1 Å². The van der Waals surface area contributed by atoms with E-state index in [0.29, 0.717) is 18.6 Å². The zero-order valence-corrected chi connectivity index (χ0v) is 10.6. The maximum Gasteiger partial charge on any atom is 0.305 e. The summed E-state index contributed by atoms with van der Waals surface area (Å²) in [5.74, 6) is -0.141. The Balaban J connectivity index is 2.14. The summed E-state index contributed by atoms with van der Waals surface area (Å²) in [4.78, 5) is 11.1. The van der Waals surface area contributed by atoms with Crippen LogP contribution in [0.4, 0.5) is 0 Å². The van der Waals surface area contributed by atoms with Crippen LogP contribution in [0.5, 0.6) is 0 Å². The first-order valence-corrected chi connectivity index (χ1v) is 6.11. The predicted molar refractivity (Wildman–Crippen MR) is 68.7 cm³/mol. The molecule has 96 valence electrons. The Morgan fingerprint density at radius 2 is 2.11 bits per heavy atom. The molecule has 1 rings (SSSR count). The Labute approximate surface area is 108 Å². The molecule has 0 aliphatic rings. The van der Waals surface area contributed by atoms with Crippen LogP contribution in [0.25, 0.3) is 0 Å². The highest BCUT2D eigenvalue weighted by Crippen LogP contribution is 2.02. The van der Waals surface area contributed by atoms with E-state index in [0.717, 1.165) is 25.1 Å². The van der Waals surface area contributed by atoms with Crippen LogP contribution in [0.2, 0.25) is 0 Å². The standard InChI is InChI=1S/C14H18N2O2/c1-2-18-14(17)4-3-9-16-11-13-7-5-12(10-15)6-8-13/h5-8,16H,2-4,9,11H2,1H3. The molecule has 0 fully saturated rings. The Bertz CT molecular complexity index is 407. The highest BCUT2D eigenvalue weighted by Gasteiger charge is 2.00. The fraction of sp³-hybridized carbons (Fsp3) is 0.429. The molecule has 4 heteroatoms. The second-order valence-electron chi connectivity index (χ2n) is 3.89. The molecule has 0 bridgehead atoms. The summed E-state index contributed by atoms with van der Waals surface area (Å²) >= 11 is 0. The van der Waals surface area contributed by atoms with E-state index in [1.807, 2.05) is 12.1 Å². The van der Waals surface area contributed by atoms with E-state index in [4.69, 9.17) is 10.00 Å². The van der Waals surface area contributed by atoms with Gasteiger partial charge in [-0.1, -0.05) is 12.1 Å². The number of nitrogens with zero attached hydrogens (tertiary/aromatic N) is 1. The van der Waals surface area contributed by atoms with Crippen LogP contribution < -0.4 is 5.32 Å². The monoisotopic (exact) mass is 246 g/mol. The molecular formula is C14H18N2O2. The fourth-order valence-corrected chi connectivity index (χ4v) is 1.52. The number of rotatable bonds is 7. The van der Waals surface area contributed by atoms with Gasteiger partial charge in [-0.15, -0.1) is 0 Å². The molecule has 0 aliphatic carbocycles. The van der Waals surface area contributed by atoms with Gasteiger partial charge >= 0.3 is 5.97 Å². The first-order valence-electron chi connectivity index (χ1n) is 6.11. The van der Waals surface area contributed by atoms with Crippen molar-refractivity contribution in [3.05, 3.63) is 35.4 Å². The number of carbonyl (C=O) groups is 1. The Kier molecular flexibility index (Phi) is 6.52. The minimum atomic E-state index is -0.141. The summed E-state index contributed by atoms with van der Waals surface area (Å²) in [6.45, 7) is 3.77. The molecular weight excluding hydrogens is 228 g/mol. The van der Waals surface area contributed by atoms with Gasteiger partial charge in [0.25, 0.3) is 0 Å². The third-order valence-corrected chi connectivity index (χ3v) is 2.45. The number of nitrogens with one attached hydrogen (secondary N) is 1. The van der Waals surface area contributed by atoms with Crippen LogP contribution in [0.15, 0.2) is 24.3 Å². The molecule has 4 nitrogen and oxygen atoms in total. The number of nitriles is 1. The Hall–Kier alpha value is -1.86.